The van der Waals surface area contributed by atoms with Crippen LogP contribution in [0.15, 0.2) is 60.7 Å². The Morgan fingerprint density at radius 2 is 1.53 bits per heavy atom. The van der Waals surface area contributed by atoms with Gasteiger partial charge in [-0.25, -0.2) is 0 Å². The number of carbonyl (C=O) groups excluding carboxylic acids is 1. The topological polar surface area (TPSA) is 37.3 Å². The number of carbonyl (C=O) groups is 1. The highest BCUT2D eigenvalue weighted by atomic mass is 35.5. The maximum atomic E-state index is 12.0. The first-order chi connectivity index (χ1) is 9.18. The van der Waals surface area contributed by atoms with Gasteiger partial charge in [0.05, 0.1) is 0 Å². The van der Waals surface area contributed by atoms with Crippen LogP contribution in [0.1, 0.15) is 17.2 Å². The molecule has 0 heterocycles. The molecule has 2 atom stereocenters. The standard InChI is InChI=1S/C16H15ClO2/c17-15(16(19)13-9-5-2-6-10-13)14(18)11-12-7-3-1-4-8-12/h1-10,15-16,19H,11H2. The fraction of sp³-hybridized carbons (Fsp3) is 0.188. The lowest BCUT2D eigenvalue weighted by atomic mass is 10.00. The number of aliphatic hydroxyl groups excluding tert-OH is 1. The molecule has 0 radical (unpaired) electrons. The maximum absolute atomic E-state index is 12.0. The summed E-state index contributed by atoms with van der Waals surface area (Å²) >= 11 is 6.07. The van der Waals surface area contributed by atoms with Gasteiger partial charge in [-0.3, -0.25) is 4.79 Å². The number of rotatable bonds is 5. The molecular weight excluding hydrogens is 260 g/mol. The van der Waals surface area contributed by atoms with Crippen molar-refractivity contribution < 1.29 is 9.90 Å². The van der Waals surface area contributed by atoms with Gasteiger partial charge in [0, 0.05) is 6.42 Å². The predicted molar refractivity (Wildman–Crippen MR) is 76.2 cm³/mol. The van der Waals surface area contributed by atoms with E-state index in [4.69, 9.17) is 11.6 Å². The molecule has 0 aliphatic rings. The van der Waals surface area contributed by atoms with Crippen molar-refractivity contribution in [2.24, 2.45) is 0 Å². The Morgan fingerprint density at radius 3 is 2.11 bits per heavy atom. The summed E-state index contributed by atoms with van der Waals surface area (Å²) in [6, 6.07) is 18.4. The van der Waals surface area contributed by atoms with Crippen molar-refractivity contribution in [1.29, 1.82) is 0 Å². The fourth-order valence-corrected chi connectivity index (χ4v) is 2.11. The minimum atomic E-state index is -0.973. The normalized spacial score (nSPS) is 13.8. The zero-order chi connectivity index (χ0) is 13.7. The molecule has 2 nitrogen and oxygen atoms in total. The minimum Gasteiger partial charge on any atom is -0.386 e. The highest BCUT2D eigenvalue weighted by molar-refractivity contribution is 6.31. The van der Waals surface area contributed by atoms with E-state index in [1.54, 1.807) is 12.1 Å². The van der Waals surface area contributed by atoms with Crippen molar-refractivity contribution in [2.45, 2.75) is 17.9 Å². The van der Waals surface area contributed by atoms with E-state index in [0.29, 0.717) is 5.56 Å². The summed E-state index contributed by atoms with van der Waals surface area (Å²) in [5.41, 5.74) is 1.56. The van der Waals surface area contributed by atoms with Gasteiger partial charge in [-0.2, -0.15) is 0 Å². The van der Waals surface area contributed by atoms with Gasteiger partial charge < -0.3 is 5.11 Å². The Labute approximate surface area is 117 Å². The number of hydrogen-bond donors (Lipinski definition) is 1. The van der Waals surface area contributed by atoms with Crippen LogP contribution in [0, 0.1) is 0 Å². The summed E-state index contributed by atoms with van der Waals surface area (Å²) in [6.45, 7) is 0. The van der Waals surface area contributed by atoms with Gasteiger partial charge >= 0.3 is 0 Å². The smallest absolute Gasteiger partial charge is 0.158 e. The van der Waals surface area contributed by atoms with Crippen LogP contribution in [0.25, 0.3) is 0 Å². The average molecular weight is 275 g/mol. The largest absolute Gasteiger partial charge is 0.386 e. The SMILES string of the molecule is O=C(Cc1ccccc1)C(Cl)C(O)c1ccccc1. The molecule has 2 aromatic rings. The highest BCUT2D eigenvalue weighted by Gasteiger charge is 2.25. The molecule has 0 bridgehead atoms. The van der Waals surface area contributed by atoms with E-state index < -0.39 is 11.5 Å². The molecule has 0 spiro atoms. The van der Waals surface area contributed by atoms with Crippen LogP contribution in [0.4, 0.5) is 0 Å². The van der Waals surface area contributed by atoms with E-state index in [1.807, 2.05) is 48.5 Å². The van der Waals surface area contributed by atoms with Crippen LogP contribution < -0.4 is 0 Å². The monoisotopic (exact) mass is 274 g/mol. The third-order valence-electron chi connectivity index (χ3n) is 2.95. The lowest BCUT2D eigenvalue weighted by Crippen LogP contribution is -2.24. The van der Waals surface area contributed by atoms with Crippen molar-refractivity contribution >= 4 is 17.4 Å². The first-order valence-corrected chi connectivity index (χ1v) is 6.56. The molecule has 3 heteroatoms. The van der Waals surface area contributed by atoms with Gasteiger partial charge in [0.2, 0.25) is 0 Å². The first kappa shape index (κ1) is 13.8. The van der Waals surface area contributed by atoms with Gasteiger partial charge in [0.1, 0.15) is 11.5 Å². The number of Topliss-reactive ketones (excluding diaryl/α,β-unsaturated/α-hetero) is 1. The van der Waals surface area contributed by atoms with Crippen LogP contribution in [0.3, 0.4) is 0 Å². The molecular formula is C16H15ClO2. The average Bonchev–Trinajstić information content (AvgIpc) is 2.47. The zero-order valence-electron chi connectivity index (χ0n) is 10.4. The molecule has 1 N–H and O–H groups in total. The second-order valence-electron chi connectivity index (χ2n) is 4.39. The second-order valence-corrected chi connectivity index (χ2v) is 4.86. The van der Waals surface area contributed by atoms with E-state index in [9.17, 15) is 9.90 Å². The zero-order valence-corrected chi connectivity index (χ0v) is 11.1. The molecule has 0 aliphatic carbocycles. The van der Waals surface area contributed by atoms with Crippen LogP contribution in [0.2, 0.25) is 0 Å². The number of hydrogen-bond acceptors (Lipinski definition) is 2. The summed E-state index contributed by atoms with van der Waals surface area (Å²) in [4.78, 5) is 12.0. The molecule has 98 valence electrons. The molecule has 19 heavy (non-hydrogen) atoms. The Kier molecular flexibility index (Phi) is 4.72. The van der Waals surface area contributed by atoms with Crippen LogP contribution in [0.5, 0.6) is 0 Å². The summed E-state index contributed by atoms with van der Waals surface area (Å²) in [5.74, 6) is -0.177. The van der Waals surface area contributed by atoms with Gasteiger partial charge in [-0.05, 0) is 11.1 Å². The van der Waals surface area contributed by atoms with E-state index >= 15 is 0 Å². The van der Waals surface area contributed by atoms with Crippen molar-refractivity contribution in [1.82, 2.24) is 0 Å². The van der Waals surface area contributed by atoms with Crippen LogP contribution in [-0.2, 0) is 11.2 Å². The molecule has 2 rings (SSSR count). The van der Waals surface area contributed by atoms with E-state index in [-0.39, 0.29) is 12.2 Å². The van der Waals surface area contributed by atoms with Gasteiger partial charge in [0.15, 0.2) is 5.78 Å². The number of alkyl halides is 1. The van der Waals surface area contributed by atoms with Crippen LogP contribution in [-0.4, -0.2) is 16.3 Å². The molecule has 2 unspecified atom stereocenters. The predicted octanol–water partition coefficient (Wildman–Crippen LogP) is 3.14. The van der Waals surface area contributed by atoms with E-state index in [0.717, 1.165) is 5.56 Å². The summed E-state index contributed by atoms with van der Waals surface area (Å²) in [5, 5.41) is 9.16. The molecule has 0 fully saturated rings. The lowest BCUT2D eigenvalue weighted by Gasteiger charge is -2.16. The number of benzene rings is 2. The molecule has 0 saturated heterocycles. The first-order valence-electron chi connectivity index (χ1n) is 6.12. The second kappa shape index (κ2) is 6.50. The number of aliphatic hydroxyl groups is 1. The van der Waals surface area contributed by atoms with Crippen molar-refractivity contribution in [2.75, 3.05) is 0 Å². The Balaban J connectivity index is 2.03. The molecule has 0 aliphatic heterocycles. The number of ketones is 1. The highest BCUT2D eigenvalue weighted by Crippen LogP contribution is 2.22. The van der Waals surface area contributed by atoms with Gasteiger partial charge in [-0.1, -0.05) is 60.7 Å². The van der Waals surface area contributed by atoms with E-state index in [1.165, 1.54) is 0 Å². The fourth-order valence-electron chi connectivity index (χ4n) is 1.89. The third kappa shape index (κ3) is 3.66. The molecule has 0 saturated carbocycles. The minimum absolute atomic E-state index is 0.177. The Morgan fingerprint density at radius 1 is 1.00 bits per heavy atom. The summed E-state index contributed by atoms with van der Waals surface area (Å²) in [6.07, 6.45) is -0.738. The maximum Gasteiger partial charge on any atom is 0.158 e. The molecule has 0 aromatic heterocycles. The summed E-state index contributed by atoms with van der Waals surface area (Å²) < 4.78 is 0. The number of halogens is 1. The van der Waals surface area contributed by atoms with Gasteiger partial charge in [-0.15, -0.1) is 11.6 Å². The molecule has 0 amide bonds. The Hall–Kier alpha value is -1.64. The quantitative estimate of drug-likeness (QED) is 0.851. The van der Waals surface area contributed by atoms with Crippen molar-refractivity contribution in [3.05, 3.63) is 71.8 Å². The van der Waals surface area contributed by atoms with E-state index in [2.05, 4.69) is 0 Å². The third-order valence-corrected chi connectivity index (χ3v) is 3.43. The van der Waals surface area contributed by atoms with Crippen LogP contribution >= 0.6 is 11.6 Å². The molecule has 2 aromatic carbocycles. The van der Waals surface area contributed by atoms with Crippen molar-refractivity contribution in [3.8, 4) is 0 Å². The van der Waals surface area contributed by atoms with Gasteiger partial charge in [0.25, 0.3) is 0 Å². The van der Waals surface area contributed by atoms with Crippen molar-refractivity contribution in [3.63, 3.8) is 0 Å². The lowest BCUT2D eigenvalue weighted by molar-refractivity contribution is -0.119. The summed E-state index contributed by atoms with van der Waals surface area (Å²) in [7, 11) is 0. The Bertz CT molecular complexity index is 525.